The minimum Gasteiger partial charge on any atom is -0.465 e. The third-order valence-electron chi connectivity index (χ3n) is 5.49. The Balaban J connectivity index is 2.19. The maximum Gasteiger partial charge on any atom is 0.302 e. The van der Waals surface area contributed by atoms with Gasteiger partial charge >= 0.3 is 5.97 Å². The molecule has 0 aromatic rings. The van der Waals surface area contributed by atoms with E-state index in [0.717, 1.165) is 19.3 Å². The zero-order chi connectivity index (χ0) is 14.8. The monoisotopic (exact) mass is 282 g/mol. The smallest absolute Gasteiger partial charge is 0.302 e. The van der Waals surface area contributed by atoms with Gasteiger partial charge in [-0.3, -0.25) is 4.79 Å². The maximum atomic E-state index is 11.3. The van der Waals surface area contributed by atoms with Gasteiger partial charge in [0.15, 0.2) is 0 Å². The van der Waals surface area contributed by atoms with Gasteiger partial charge in [-0.2, -0.15) is 0 Å². The first-order chi connectivity index (χ1) is 9.38. The summed E-state index contributed by atoms with van der Waals surface area (Å²) in [6, 6.07) is 0. The van der Waals surface area contributed by atoms with Crippen LogP contribution in [0.15, 0.2) is 0 Å². The van der Waals surface area contributed by atoms with Crippen molar-refractivity contribution >= 4 is 5.97 Å². The summed E-state index contributed by atoms with van der Waals surface area (Å²) in [4.78, 5) is 11.3. The lowest BCUT2D eigenvalue weighted by molar-refractivity contribution is -0.149. The maximum absolute atomic E-state index is 11.3. The molecule has 2 saturated carbocycles. The van der Waals surface area contributed by atoms with Crippen LogP contribution in [0.3, 0.4) is 0 Å². The first-order valence-electron chi connectivity index (χ1n) is 8.05. The van der Waals surface area contributed by atoms with Crippen molar-refractivity contribution in [2.45, 2.75) is 71.8 Å². The quantitative estimate of drug-likeness (QED) is 0.732. The van der Waals surface area contributed by atoms with Gasteiger partial charge in [0.05, 0.1) is 12.7 Å². The highest BCUT2D eigenvalue weighted by Crippen LogP contribution is 2.56. The van der Waals surface area contributed by atoms with Gasteiger partial charge in [0, 0.05) is 19.4 Å². The fraction of sp³-hybridized carbons (Fsp3) is 0.941. The first-order valence-corrected chi connectivity index (χ1v) is 8.05. The molecular formula is C17H30O3. The molecule has 0 amide bonds. The summed E-state index contributed by atoms with van der Waals surface area (Å²) < 4.78 is 11.2. The fourth-order valence-corrected chi connectivity index (χ4v) is 4.59. The largest absolute Gasteiger partial charge is 0.465 e. The van der Waals surface area contributed by atoms with Crippen molar-refractivity contribution in [3.63, 3.8) is 0 Å². The molecule has 3 nitrogen and oxygen atoms in total. The van der Waals surface area contributed by atoms with Crippen molar-refractivity contribution in [1.29, 1.82) is 0 Å². The Hall–Kier alpha value is -0.570. The predicted molar refractivity (Wildman–Crippen MR) is 79.5 cm³/mol. The van der Waals surface area contributed by atoms with E-state index in [9.17, 15) is 4.79 Å². The highest BCUT2D eigenvalue weighted by Gasteiger charge is 2.51. The molecular weight excluding hydrogens is 252 g/mol. The van der Waals surface area contributed by atoms with E-state index in [4.69, 9.17) is 9.47 Å². The van der Waals surface area contributed by atoms with E-state index < -0.39 is 0 Å². The minimum absolute atomic E-state index is 0.135. The number of hydrogen-bond acceptors (Lipinski definition) is 3. The Kier molecular flexibility index (Phi) is 4.78. The highest BCUT2D eigenvalue weighted by atomic mass is 16.5. The van der Waals surface area contributed by atoms with Crippen molar-refractivity contribution in [1.82, 2.24) is 0 Å². The molecule has 2 aliphatic rings. The second kappa shape index (κ2) is 6.05. The molecule has 0 heterocycles. The molecule has 2 rings (SSSR count). The topological polar surface area (TPSA) is 35.5 Å². The van der Waals surface area contributed by atoms with E-state index in [-0.39, 0.29) is 11.4 Å². The average Bonchev–Trinajstić information content (AvgIpc) is 2.73. The summed E-state index contributed by atoms with van der Waals surface area (Å²) in [5.74, 6) is 0.390. The highest BCUT2D eigenvalue weighted by molar-refractivity contribution is 5.65. The van der Waals surface area contributed by atoms with Crippen molar-refractivity contribution in [2.24, 2.45) is 16.7 Å². The summed E-state index contributed by atoms with van der Waals surface area (Å²) in [6.07, 6.45) is 8.80. The molecule has 0 spiro atoms. The van der Waals surface area contributed by atoms with Gasteiger partial charge in [-0.15, -0.1) is 0 Å². The molecule has 2 fully saturated rings. The number of carbonyl (C=O) groups excluding carboxylic acids is 1. The summed E-state index contributed by atoms with van der Waals surface area (Å²) in [7, 11) is 1.84. The van der Waals surface area contributed by atoms with E-state index in [1.54, 1.807) is 0 Å². The van der Waals surface area contributed by atoms with Gasteiger partial charge in [0.1, 0.15) is 0 Å². The fourth-order valence-electron chi connectivity index (χ4n) is 4.59. The molecule has 0 unspecified atom stereocenters. The molecule has 0 saturated heterocycles. The van der Waals surface area contributed by atoms with E-state index in [0.29, 0.717) is 24.0 Å². The van der Waals surface area contributed by atoms with Gasteiger partial charge in [0.2, 0.25) is 0 Å². The Morgan fingerprint density at radius 3 is 2.45 bits per heavy atom. The number of hydrogen-bond donors (Lipinski definition) is 0. The normalized spacial score (nSPS) is 36.8. The van der Waals surface area contributed by atoms with Gasteiger partial charge in [-0.05, 0) is 43.4 Å². The number of methoxy groups -OCH3 is 1. The Bertz CT molecular complexity index is 350. The summed E-state index contributed by atoms with van der Waals surface area (Å²) >= 11 is 0. The van der Waals surface area contributed by atoms with Gasteiger partial charge in [-0.1, -0.05) is 26.7 Å². The van der Waals surface area contributed by atoms with Crippen LogP contribution in [0.1, 0.15) is 65.7 Å². The van der Waals surface area contributed by atoms with E-state index in [1.807, 2.05) is 7.11 Å². The number of carbonyl (C=O) groups is 1. The van der Waals surface area contributed by atoms with Crippen molar-refractivity contribution in [3.8, 4) is 0 Å². The molecule has 0 bridgehead atoms. The third kappa shape index (κ3) is 3.36. The van der Waals surface area contributed by atoms with Crippen molar-refractivity contribution in [3.05, 3.63) is 0 Å². The summed E-state index contributed by atoms with van der Waals surface area (Å²) in [5, 5.41) is 0. The Morgan fingerprint density at radius 1 is 1.20 bits per heavy atom. The van der Waals surface area contributed by atoms with Crippen LogP contribution in [-0.2, 0) is 14.3 Å². The molecule has 0 aromatic heterocycles. The molecule has 116 valence electrons. The molecule has 3 atom stereocenters. The van der Waals surface area contributed by atoms with E-state index in [2.05, 4.69) is 13.8 Å². The third-order valence-corrected chi connectivity index (χ3v) is 5.49. The first kappa shape index (κ1) is 15.8. The summed E-state index contributed by atoms with van der Waals surface area (Å²) in [6.45, 7) is 6.78. The molecule has 2 aliphatic carbocycles. The van der Waals surface area contributed by atoms with Crippen LogP contribution >= 0.6 is 0 Å². The van der Waals surface area contributed by atoms with Crippen LogP contribution in [0, 0.1) is 16.7 Å². The molecule has 0 aliphatic heterocycles. The number of rotatable bonds is 4. The second-order valence-electron chi connectivity index (χ2n) is 7.65. The summed E-state index contributed by atoms with van der Waals surface area (Å²) in [5.41, 5.74) is 0.492. The predicted octanol–water partition coefficient (Wildman–Crippen LogP) is 3.95. The van der Waals surface area contributed by atoms with Crippen LogP contribution in [0.4, 0.5) is 0 Å². The second-order valence-corrected chi connectivity index (χ2v) is 7.65. The molecule has 3 heteroatoms. The van der Waals surface area contributed by atoms with Crippen LogP contribution in [0.5, 0.6) is 0 Å². The lowest BCUT2D eigenvalue weighted by Gasteiger charge is -2.44. The molecule has 0 radical (unpaired) electrons. The molecule has 0 N–H and O–H groups in total. The van der Waals surface area contributed by atoms with E-state index in [1.165, 1.54) is 32.6 Å². The van der Waals surface area contributed by atoms with Gasteiger partial charge in [-0.25, -0.2) is 0 Å². The van der Waals surface area contributed by atoms with Crippen LogP contribution in [-0.4, -0.2) is 25.8 Å². The van der Waals surface area contributed by atoms with E-state index >= 15 is 0 Å². The van der Waals surface area contributed by atoms with Gasteiger partial charge in [0.25, 0.3) is 0 Å². The average molecular weight is 282 g/mol. The van der Waals surface area contributed by atoms with Crippen LogP contribution in [0.25, 0.3) is 0 Å². The van der Waals surface area contributed by atoms with Gasteiger partial charge < -0.3 is 9.47 Å². The zero-order valence-electron chi connectivity index (χ0n) is 13.5. The van der Waals surface area contributed by atoms with Crippen LogP contribution in [0.2, 0.25) is 0 Å². The van der Waals surface area contributed by atoms with Crippen molar-refractivity contribution < 1.29 is 14.3 Å². The molecule has 20 heavy (non-hydrogen) atoms. The standard InChI is InChI=1S/C17H30O3/c1-13(18)20-12-17(10-9-16(2,3)11-17)14-7-5-6-8-15(14)19-4/h14-15H,5-12H2,1-4H3/t14-,15+,17-/m1/s1. The zero-order valence-corrected chi connectivity index (χ0v) is 13.5. The Labute approximate surface area is 123 Å². The lowest BCUT2D eigenvalue weighted by atomic mass is 9.65. The number of ether oxygens (including phenoxy) is 2. The van der Waals surface area contributed by atoms with Crippen molar-refractivity contribution in [2.75, 3.05) is 13.7 Å². The lowest BCUT2D eigenvalue weighted by Crippen LogP contribution is -2.43. The molecule has 0 aromatic carbocycles. The minimum atomic E-state index is -0.154. The SMILES string of the molecule is CO[C@H]1CCCC[C@H]1[C@]1(COC(C)=O)CCC(C)(C)C1. The van der Waals surface area contributed by atoms with Crippen LogP contribution < -0.4 is 0 Å². The number of esters is 1. The Morgan fingerprint density at radius 2 is 1.90 bits per heavy atom.